The van der Waals surface area contributed by atoms with Gasteiger partial charge < -0.3 is 77.1 Å². The SMILES string of the molecule is COc1cc(OC)c(C(=O)NC2CCC(NC(=O)c3cc(C(=O)CCCN(C)C)c(OCCCCCN)cc3OCCCCCN)CC2)cc1C(=O)NC1CCC(CC(=O)c2cc(C(=O)CCCN(C)C)c(OCCCCCN)cc2OCCCCCN)CC1. The minimum absolute atomic E-state index is 0.0277. The zero-order valence-corrected chi connectivity index (χ0v) is 55.1. The van der Waals surface area contributed by atoms with Gasteiger partial charge in [0.15, 0.2) is 17.3 Å². The van der Waals surface area contributed by atoms with Crippen LogP contribution in [0, 0.1) is 5.92 Å². The minimum atomic E-state index is -0.416. The number of nitrogens with zero attached hydrogens (tertiary/aromatic N) is 2. The molecule has 90 heavy (non-hydrogen) atoms. The first-order valence-electron chi connectivity index (χ1n) is 33.3. The van der Waals surface area contributed by atoms with Crippen LogP contribution in [-0.4, -0.2) is 171 Å². The lowest BCUT2D eigenvalue weighted by Crippen LogP contribution is -2.44. The summed E-state index contributed by atoms with van der Waals surface area (Å²) in [5.74, 6) is 0.586. The number of carbonyl (C=O) groups excluding carboxylic acids is 6. The molecule has 502 valence electrons. The number of benzene rings is 3. The van der Waals surface area contributed by atoms with Crippen LogP contribution in [0.4, 0.5) is 0 Å². The van der Waals surface area contributed by atoms with Gasteiger partial charge in [-0.3, -0.25) is 28.8 Å². The number of carbonyl (C=O) groups is 6. The van der Waals surface area contributed by atoms with Gasteiger partial charge in [-0.1, -0.05) is 0 Å². The molecular weight excluding hydrogens is 1150 g/mol. The van der Waals surface area contributed by atoms with Gasteiger partial charge in [-0.15, -0.1) is 0 Å². The van der Waals surface area contributed by atoms with Crippen molar-refractivity contribution in [3.8, 4) is 34.5 Å². The third kappa shape index (κ3) is 25.0. The molecule has 21 nitrogen and oxygen atoms in total. The van der Waals surface area contributed by atoms with Crippen molar-refractivity contribution in [2.75, 3.05) is 108 Å². The van der Waals surface area contributed by atoms with Gasteiger partial charge in [-0.05, 0) is 233 Å². The predicted molar refractivity (Wildman–Crippen MR) is 353 cm³/mol. The van der Waals surface area contributed by atoms with Gasteiger partial charge >= 0.3 is 0 Å². The standard InChI is InChI=1S/C69H109N9O12/c1-77(2)35-19-21-58(79)52-42-54(65(89-39-17-9-13-33-72)46-63(52)87-37-15-7-11-31-70)60(81)41-48-23-25-49(26-24-48)74-67(82)55-44-56(62(86-6)45-61(55)85-5)68(83)75-50-27-29-51(30-28-50)76-69(84)57-43-53(59(80)22-20-36-78(3)4)64(88-38-16-8-12-32-71)47-66(57)90-40-18-10-14-34-73/h42-51H,7-41,70-73H2,1-6H3,(H,74,82)(H,75,83)(H,76,84). The summed E-state index contributed by atoms with van der Waals surface area (Å²) < 4.78 is 36.4. The van der Waals surface area contributed by atoms with E-state index in [0.29, 0.717) is 163 Å². The monoisotopic (exact) mass is 1260 g/mol. The number of unbranched alkanes of at least 4 members (excludes halogenated alkanes) is 8. The fourth-order valence-electron chi connectivity index (χ4n) is 11.5. The summed E-state index contributed by atoms with van der Waals surface area (Å²) in [7, 11) is 10.8. The zero-order chi connectivity index (χ0) is 65.2. The number of rotatable bonds is 45. The van der Waals surface area contributed by atoms with Crippen LogP contribution in [0.25, 0.3) is 0 Å². The third-order valence-corrected chi connectivity index (χ3v) is 16.8. The van der Waals surface area contributed by atoms with Crippen LogP contribution in [0.15, 0.2) is 36.4 Å². The Hall–Kier alpha value is -6.36. The average molecular weight is 1260 g/mol. The molecule has 0 radical (unpaired) electrons. The van der Waals surface area contributed by atoms with Gasteiger partial charge in [0.05, 0.1) is 74.0 Å². The second-order valence-corrected chi connectivity index (χ2v) is 24.7. The maximum absolute atomic E-state index is 14.4. The van der Waals surface area contributed by atoms with Crippen molar-refractivity contribution in [3.05, 3.63) is 69.8 Å². The molecule has 0 aliphatic heterocycles. The van der Waals surface area contributed by atoms with E-state index in [1.54, 1.807) is 30.3 Å². The van der Waals surface area contributed by atoms with E-state index in [0.717, 1.165) is 90.1 Å². The Morgan fingerprint density at radius 1 is 0.378 bits per heavy atom. The first-order valence-corrected chi connectivity index (χ1v) is 33.3. The predicted octanol–water partition coefficient (Wildman–Crippen LogP) is 8.82. The number of amides is 3. The largest absolute Gasteiger partial charge is 0.496 e. The Morgan fingerprint density at radius 3 is 1.00 bits per heavy atom. The lowest BCUT2D eigenvalue weighted by atomic mass is 9.82. The maximum Gasteiger partial charge on any atom is 0.255 e. The zero-order valence-electron chi connectivity index (χ0n) is 55.1. The van der Waals surface area contributed by atoms with E-state index in [1.165, 1.54) is 20.3 Å². The Balaban J connectivity index is 1.23. The van der Waals surface area contributed by atoms with Gasteiger partial charge in [0, 0.05) is 55.6 Å². The summed E-state index contributed by atoms with van der Waals surface area (Å²) >= 11 is 0. The highest BCUT2D eigenvalue weighted by molar-refractivity contribution is 6.06. The molecule has 0 bridgehead atoms. The summed E-state index contributed by atoms with van der Waals surface area (Å²) in [6.45, 7) is 5.36. The minimum Gasteiger partial charge on any atom is -0.496 e. The van der Waals surface area contributed by atoms with E-state index in [1.807, 2.05) is 38.0 Å². The molecule has 11 N–H and O–H groups in total. The van der Waals surface area contributed by atoms with Gasteiger partial charge in [-0.2, -0.15) is 0 Å². The molecule has 0 heterocycles. The molecule has 2 saturated carbocycles. The maximum atomic E-state index is 14.4. The molecule has 0 saturated heterocycles. The number of hydrogen-bond donors (Lipinski definition) is 7. The number of methoxy groups -OCH3 is 2. The molecule has 0 unspecified atom stereocenters. The molecule has 0 aromatic heterocycles. The van der Waals surface area contributed by atoms with Crippen molar-refractivity contribution in [2.24, 2.45) is 28.9 Å². The van der Waals surface area contributed by atoms with Crippen LogP contribution >= 0.6 is 0 Å². The second kappa shape index (κ2) is 41.2. The molecule has 3 aromatic carbocycles. The van der Waals surface area contributed by atoms with Crippen LogP contribution in [-0.2, 0) is 0 Å². The fraction of sp³-hybridized carbons (Fsp3) is 0.652. The Kier molecular flexibility index (Phi) is 34.0. The van der Waals surface area contributed by atoms with Crippen LogP contribution in [0.2, 0.25) is 0 Å². The second-order valence-electron chi connectivity index (χ2n) is 24.7. The van der Waals surface area contributed by atoms with E-state index >= 15 is 0 Å². The van der Waals surface area contributed by atoms with Gasteiger partial charge in [-0.25, -0.2) is 0 Å². The molecule has 3 aromatic rings. The van der Waals surface area contributed by atoms with E-state index in [2.05, 4.69) is 16.0 Å². The van der Waals surface area contributed by atoms with Crippen LogP contribution in [0.5, 0.6) is 34.5 Å². The Bertz CT molecular complexity index is 2530. The van der Waals surface area contributed by atoms with Gasteiger partial charge in [0.2, 0.25) is 0 Å². The molecule has 2 fully saturated rings. The first-order chi connectivity index (χ1) is 43.5. The van der Waals surface area contributed by atoms with E-state index in [-0.39, 0.29) is 88.3 Å². The number of nitrogens with one attached hydrogen (secondary N) is 3. The summed E-state index contributed by atoms with van der Waals surface area (Å²) in [6.07, 6.45) is 17.0. The number of Topliss-reactive ketones (excluding diaryl/α,β-unsaturated/α-hetero) is 3. The Morgan fingerprint density at radius 2 is 0.667 bits per heavy atom. The summed E-state index contributed by atoms with van der Waals surface area (Å²) in [5, 5.41) is 9.53. The van der Waals surface area contributed by atoms with Crippen molar-refractivity contribution < 1.29 is 57.2 Å². The topological polar surface area (TPSA) is 304 Å². The highest BCUT2D eigenvalue weighted by Gasteiger charge is 2.32. The molecule has 3 amide bonds. The molecule has 0 atom stereocenters. The lowest BCUT2D eigenvalue weighted by Gasteiger charge is -2.30. The molecular formula is C69H109N9O12. The summed E-state index contributed by atoms with van der Waals surface area (Å²) in [6, 6.07) is 9.11. The third-order valence-electron chi connectivity index (χ3n) is 16.8. The van der Waals surface area contributed by atoms with E-state index < -0.39 is 11.8 Å². The van der Waals surface area contributed by atoms with Gasteiger partial charge in [0.25, 0.3) is 17.7 Å². The van der Waals surface area contributed by atoms with Crippen molar-refractivity contribution in [1.82, 2.24) is 25.8 Å². The molecule has 2 aliphatic rings. The highest BCUT2D eigenvalue weighted by atomic mass is 16.5. The summed E-state index contributed by atoms with van der Waals surface area (Å²) in [4.78, 5) is 88.8. The first kappa shape index (κ1) is 74.4. The van der Waals surface area contributed by atoms with Crippen molar-refractivity contribution in [2.45, 2.75) is 179 Å². The fourth-order valence-corrected chi connectivity index (χ4v) is 11.5. The number of hydrogen-bond acceptors (Lipinski definition) is 18. The smallest absolute Gasteiger partial charge is 0.255 e. The van der Waals surface area contributed by atoms with Crippen molar-refractivity contribution in [3.63, 3.8) is 0 Å². The van der Waals surface area contributed by atoms with E-state index in [9.17, 15) is 28.8 Å². The number of nitrogens with two attached hydrogens (primary N) is 4. The average Bonchev–Trinajstić information content (AvgIpc) is 0.977. The molecule has 5 rings (SSSR count). The van der Waals surface area contributed by atoms with Crippen LogP contribution in [0.1, 0.15) is 223 Å². The number of ether oxygens (including phenoxy) is 6. The van der Waals surface area contributed by atoms with Crippen molar-refractivity contribution >= 4 is 35.1 Å². The highest BCUT2D eigenvalue weighted by Crippen LogP contribution is 2.37. The van der Waals surface area contributed by atoms with E-state index in [4.69, 9.17) is 51.4 Å². The molecule has 0 spiro atoms. The quantitative estimate of drug-likeness (QED) is 0.0205. The molecule has 21 heteroatoms. The molecule has 2 aliphatic carbocycles. The normalized spacial score (nSPS) is 16.5. The van der Waals surface area contributed by atoms with Crippen LogP contribution in [0.3, 0.4) is 0 Å². The van der Waals surface area contributed by atoms with Gasteiger partial charge in [0.1, 0.15) is 34.5 Å². The van der Waals surface area contributed by atoms with Crippen molar-refractivity contribution in [1.29, 1.82) is 0 Å². The Labute approximate surface area is 535 Å². The van der Waals surface area contributed by atoms with Crippen LogP contribution < -0.4 is 67.3 Å². The lowest BCUT2D eigenvalue weighted by molar-refractivity contribution is 0.0884. The summed E-state index contributed by atoms with van der Waals surface area (Å²) in [5.41, 5.74) is 24.7. The number of ketones is 3.